The van der Waals surface area contributed by atoms with E-state index in [1.165, 1.54) is 0 Å². The average Bonchev–Trinajstić information content (AvgIpc) is 2.87. The molecule has 3 rings (SSSR count). The molecule has 2 aliphatic heterocycles. The van der Waals surface area contributed by atoms with Crippen LogP contribution in [0.4, 0.5) is 4.79 Å². The van der Waals surface area contributed by atoms with E-state index in [9.17, 15) is 4.79 Å². The second kappa shape index (κ2) is 5.33. The first-order chi connectivity index (χ1) is 9.91. The van der Waals surface area contributed by atoms with Crippen LogP contribution >= 0.6 is 0 Å². The number of nitrogens with one attached hydrogen (secondary N) is 1. The number of nitrogens with zero attached hydrogens (tertiary/aromatic N) is 1. The third kappa shape index (κ3) is 3.20. The van der Waals surface area contributed by atoms with Crippen molar-refractivity contribution in [2.24, 2.45) is 0 Å². The zero-order valence-electron chi connectivity index (χ0n) is 12.7. The Kier molecular flexibility index (Phi) is 3.65. The highest BCUT2D eigenvalue weighted by Gasteiger charge is 2.37. The molecule has 0 unspecified atom stereocenters. The number of rotatable bonds is 2. The minimum absolute atomic E-state index is 0.0364. The van der Waals surface area contributed by atoms with Gasteiger partial charge in [0.25, 0.3) is 0 Å². The van der Waals surface area contributed by atoms with Gasteiger partial charge >= 0.3 is 6.09 Å². The fraction of sp³-hybridized carbons (Fsp3) is 0.733. The molecule has 0 aliphatic carbocycles. The highest BCUT2D eigenvalue weighted by Crippen LogP contribution is 2.28. The molecule has 6 nitrogen and oxygen atoms in total. The number of carbonyl (C=O) groups excluding carboxylic acids is 1. The number of amides is 1. The molecule has 1 N–H and O–H groups in total. The lowest BCUT2D eigenvalue weighted by molar-refractivity contribution is -0.129. The lowest BCUT2D eigenvalue weighted by atomic mass is 9.92. The normalized spacial score (nSPS) is 29.5. The van der Waals surface area contributed by atoms with Gasteiger partial charge in [-0.25, -0.2) is 4.79 Å². The molecular weight excluding hydrogens is 272 g/mol. The van der Waals surface area contributed by atoms with Crippen molar-refractivity contribution in [1.82, 2.24) is 10.5 Å². The van der Waals surface area contributed by atoms with Gasteiger partial charge in [0.15, 0.2) is 0 Å². The Hall–Kier alpha value is -1.56. The molecule has 0 radical (unpaired) electrons. The van der Waals surface area contributed by atoms with Crippen molar-refractivity contribution in [2.75, 3.05) is 6.54 Å². The number of carbonyl (C=O) groups is 1. The van der Waals surface area contributed by atoms with Gasteiger partial charge in [-0.3, -0.25) is 0 Å². The Bertz CT molecular complexity index is 520. The highest BCUT2D eigenvalue weighted by atomic mass is 16.6. The predicted octanol–water partition coefficient (Wildman–Crippen LogP) is 2.17. The Labute approximate surface area is 124 Å². The van der Waals surface area contributed by atoms with Crippen LogP contribution in [-0.4, -0.2) is 36.1 Å². The molecule has 1 amide bonds. The molecule has 0 spiro atoms. The third-order valence-electron chi connectivity index (χ3n) is 4.00. The maximum Gasteiger partial charge on any atom is 0.407 e. The van der Waals surface area contributed by atoms with Crippen LogP contribution in [0.2, 0.25) is 0 Å². The molecule has 0 saturated carbocycles. The van der Waals surface area contributed by atoms with E-state index in [0.29, 0.717) is 6.54 Å². The maximum atomic E-state index is 11.2. The summed E-state index contributed by atoms with van der Waals surface area (Å²) in [6.45, 7) is 6.81. The number of hydrogen-bond donors (Lipinski definition) is 1. The molecule has 0 aromatic carbocycles. The Morgan fingerprint density at radius 3 is 2.86 bits per heavy atom. The van der Waals surface area contributed by atoms with Gasteiger partial charge in [-0.05, 0) is 12.8 Å². The van der Waals surface area contributed by atoms with Crippen molar-refractivity contribution >= 4 is 6.09 Å². The largest absolute Gasteiger partial charge is 0.443 e. The van der Waals surface area contributed by atoms with Crippen molar-refractivity contribution in [3.63, 3.8) is 0 Å². The van der Waals surface area contributed by atoms with E-state index in [0.717, 1.165) is 30.7 Å². The number of aromatic nitrogens is 1. The standard InChI is InChI=1S/C15H22N2O4/c1-15(2,3)13-7-9(17-21-13)6-10-4-5-11-12(19-10)8-16-14(18)20-11/h7,10-12H,4-6,8H2,1-3H3,(H,16,18)/t10-,11-,12+/m0/s1. The SMILES string of the molecule is CC(C)(C)c1cc(C[C@@H]2CC[C@@H]3OC(=O)NC[C@H]3O2)no1. The van der Waals surface area contributed by atoms with E-state index in [1.807, 2.05) is 6.07 Å². The van der Waals surface area contributed by atoms with Crippen molar-refractivity contribution in [1.29, 1.82) is 0 Å². The summed E-state index contributed by atoms with van der Waals surface area (Å²) in [7, 11) is 0. The van der Waals surface area contributed by atoms with Gasteiger partial charge in [-0.15, -0.1) is 0 Å². The van der Waals surface area contributed by atoms with Crippen molar-refractivity contribution < 1.29 is 18.8 Å². The Balaban J connectivity index is 1.59. The van der Waals surface area contributed by atoms with Gasteiger partial charge in [-0.1, -0.05) is 25.9 Å². The molecule has 116 valence electrons. The van der Waals surface area contributed by atoms with Crippen LogP contribution < -0.4 is 5.32 Å². The van der Waals surface area contributed by atoms with Gasteiger partial charge in [-0.2, -0.15) is 0 Å². The maximum absolute atomic E-state index is 11.2. The Morgan fingerprint density at radius 1 is 1.33 bits per heavy atom. The summed E-state index contributed by atoms with van der Waals surface area (Å²) in [4.78, 5) is 11.2. The number of ether oxygens (including phenoxy) is 2. The van der Waals surface area contributed by atoms with Crippen LogP contribution in [0.5, 0.6) is 0 Å². The van der Waals surface area contributed by atoms with E-state index in [4.69, 9.17) is 14.0 Å². The van der Waals surface area contributed by atoms with E-state index in [2.05, 4.69) is 31.2 Å². The van der Waals surface area contributed by atoms with E-state index >= 15 is 0 Å². The summed E-state index contributed by atoms with van der Waals surface area (Å²) in [6.07, 6.45) is 2.02. The van der Waals surface area contributed by atoms with Crippen LogP contribution in [0.3, 0.4) is 0 Å². The zero-order chi connectivity index (χ0) is 15.0. The monoisotopic (exact) mass is 294 g/mol. The van der Waals surface area contributed by atoms with Crippen molar-refractivity contribution in [2.45, 2.75) is 63.8 Å². The van der Waals surface area contributed by atoms with Gasteiger partial charge in [0.1, 0.15) is 18.0 Å². The average molecular weight is 294 g/mol. The number of hydrogen-bond acceptors (Lipinski definition) is 5. The zero-order valence-corrected chi connectivity index (χ0v) is 12.7. The molecule has 1 aromatic heterocycles. The van der Waals surface area contributed by atoms with E-state index < -0.39 is 0 Å². The van der Waals surface area contributed by atoms with Crippen LogP contribution in [0.1, 0.15) is 45.1 Å². The Morgan fingerprint density at radius 2 is 2.14 bits per heavy atom. The smallest absolute Gasteiger partial charge is 0.407 e. The predicted molar refractivity (Wildman–Crippen MR) is 75.1 cm³/mol. The molecule has 2 aliphatic rings. The van der Waals surface area contributed by atoms with Crippen molar-refractivity contribution in [3.8, 4) is 0 Å². The van der Waals surface area contributed by atoms with Crippen LogP contribution in [0, 0.1) is 0 Å². The summed E-state index contributed by atoms with van der Waals surface area (Å²) < 4.78 is 16.6. The fourth-order valence-electron chi connectivity index (χ4n) is 2.76. The molecule has 2 fully saturated rings. The van der Waals surface area contributed by atoms with E-state index in [1.54, 1.807) is 0 Å². The molecule has 0 bridgehead atoms. The second-order valence-electron chi connectivity index (χ2n) is 6.84. The minimum atomic E-state index is -0.343. The van der Waals surface area contributed by atoms with Crippen molar-refractivity contribution in [3.05, 3.63) is 17.5 Å². The molecule has 1 aromatic rings. The summed E-state index contributed by atoms with van der Waals surface area (Å²) in [5.41, 5.74) is 0.884. The molecular formula is C15H22N2O4. The lowest BCUT2D eigenvalue weighted by Crippen LogP contribution is -2.53. The fourth-order valence-corrected chi connectivity index (χ4v) is 2.76. The first kappa shape index (κ1) is 14.4. The van der Waals surface area contributed by atoms with Crippen LogP contribution in [-0.2, 0) is 21.3 Å². The highest BCUT2D eigenvalue weighted by molar-refractivity contribution is 5.68. The number of fused-ring (bicyclic) bond motifs is 1. The summed E-state index contributed by atoms with van der Waals surface area (Å²) in [5.74, 6) is 0.888. The van der Waals surface area contributed by atoms with Crippen LogP contribution in [0.15, 0.2) is 10.6 Å². The minimum Gasteiger partial charge on any atom is -0.443 e. The van der Waals surface area contributed by atoms with E-state index in [-0.39, 0.29) is 29.8 Å². The first-order valence-corrected chi connectivity index (χ1v) is 7.48. The summed E-state index contributed by atoms with van der Waals surface area (Å²) in [6, 6.07) is 2.01. The second-order valence-corrected chi connectivity index (χ2v) is 6.84. The molecule has 2 saturated heterocycles. The van der Waals surface area contributed by atoms with Gasteiger partial charge in [0.2, 0.25) is 0 Å². The van der Waals surface area contributed by atoms with Crippen LogP contribution in [0.25, 0.3) is 0 Å². The first-order valence-electron chi connectivity index (χ1n) is 7.48. The van der Waals surface area contributed by atoms with Gasteiger partial charge in [0.05, 0.1) is 18.3 Å². The molecule has 3 atom stereocenters. The third-order valence-corrected chi connectivity index (χ3v) is 4.00. The molecule has 3 heterocycles. The quantitative estimate of drug-likeness (QED) is 0.905. The molecule has 21 heavy (non-hydrogen) atoms. The lowest BCUT2D eigenvalue weighted by Gasteiger charge is -2.38. The van der Waals surface area contributed by atoms with Gasteiger partial charge < -0.3 is 19.3 Å². The molecule has 6 heteroatoms. The summed E-state index contributed by atoms with van der Waals surface area (Å²) in [5, 5.41) is 6.81. The van der Waals surface area contributed by atoms with Gasteiger partial charge in [0, 0.05) is 17.9 Å². The topological polar surface area (TPSA) is 73.6 Å². The summed E-state index contributed by atoms with van der Waals surface area (Å²) >= 11 is 0. The number of alkyl carbamates (subject to hydrolysis) is 1.